The standard InChI is InChI=1S/C11H16N2O2/c1-4-15-10-8(11(14)13(2)3)6-5-7-9(10)12/h5-7H,4,12H2,1-3H3. The lowest BCUT2D eigenvalue weighted by Crippen LogP contribution is -2.22. The predicted molar refractivity (Wildman–Crippen MR) is 60.0 cm³/mol. The summed E-state index contributed by atoms with van der Waals surface area (Å²) in [4.78, 5) is 13.3. The van der Waals surface area contributed by atoms with Crippen LogP contribution in [0.15, 0.2) is 18.2 Å². The Morgan fingerprint density at radius 3 is 2.67 bits per heavy atom. The van der Waals surface area contributed by atoms with Crippen molar-refractivity contribution in [2.24, 2.45) is 0 Å². The van der Waals surface area contributed by atoms with Crippen LogP contribution in [0.25, 0.3) is 0 Å². The number of nitrogens with zero attached hydrogens (tertiary/aromatic N) is 1. The maximum atomic E-state index is 11.8. The molecule has 1 aromatic carbocycles. The minimum atomic E-state index is -0.106. The molecule has 4 heteroatoms. The van der Waals surface area contributed by atoms with Gasteiger partial charge >= 0.3 is 0 Å². The number of hydrogen-bond donors (Lipinski definition) is 1. The van der Waals surface area contributed by atoms with Crippen LogP contribution in [0, 0.1) is 0 Å². The highest BCUT2D eigenvalue weighted by atomic mass is 16.5. The lowest BCUT2D eigenvalue weighted by molar-refractivity contribution is 0.0823. The van der Waals surface area contributed by atoms with Crippen LogP contribution in [-0.2, 0) is 0 Å². The van der Waals surface area contributed by atoms with Crippen molar-refractivity contribution in [3.63, 3.8) is 0 Å². The van der Waals surface area contributed by atoms with E-state index in [1.165, 1.54) is 4.90 Å². The number of para-hydroxylation sites is 1. The van der Waals surface area contributed by atoms with E-state index in [1.807, 2.05) is 6.92 Å². The van der Waals surface area contributed by atoms with Crippen molar-refractivity contribution in [3.8, 4) is 5.75 Å². The van der Waals surface area contributed by atoms with Gasteiger partial charge in [0.05, 0.1) is 17.9 Å². The molecule has 0 saturated heterocycles. The maximum absolute atomic E-state index is 11.8. The first-order valence-electron chi connectivity index (χ1n) is 4.80. The second-order valence-corrected chi connectivity index (χ2v) is 3.36. The highest BCUT2D eigenvalue weighted by molar-refractivity contribution is 5.98. The molecule has 0 bridgehead atoms. The third-order valence-electron chi connectivity index (χ3n) is 1.97. The maximum Gasteiger partial charge on any atom is 0.257 e. The van der Waals surface area contributed by atoms with Crippen LogP contribution >= 0.6 is 0 Å². The van der Waals surface area contributed by atoms with Crippen molar-refractivity contribution in [2.45, 2.75) is 6.92 Å². The molecule has 15 heavy (non-hydrogen) atoms. The van der Waals surface area contributed by atoms with Gasteiger partial charge in [0.2, 0.25) is 0 Å². The fourth-order valence-electron chi connectivity index (χ4n) is 1.27. The summed E-state index contributed by atoms with van der Waals surface area (Å²) in [6, 6.07) is 5.18. The highest BCUT2D eigenvalue weighted by Gasteiger charge is 2.15. The van der Waals surface area contributed by atoms with Gasteiger partial charge in [-0.1, -0.05) is 6.07 Å². The van der Waals surface area contributed by atoms with Crippen LogP contribution < -0.4 is 10.5 Å². The first-order valence-corrected chi connectivity index (χ1v) is 4.80. The Balaban J connectivity index is 3.16. The topological polar surface area (TPSA) is 55.6 Å². The average molecular weight is 208 g/mol. The van der Waals surface area contributed by atoms with Gasteiger partial charge in [-0.05, 0) is 19.1 Å². The van der Waals surface area contributed by atoms with Gasteiger partial charge in [0.25, 0.3) is 5.91 Å². The summed E-state index contributed by atoms with van der Waals surface area (Å²) in [5, 5.41) is 0. The largest absolute Gasteiger partial charge is 0.491 e. The number of nitrogen functional groups attached to an aromatic ring is 1. The van der Waals surface area contributed by atoms with Crippen molar-refractivity contribution in [1.82, 2.24) is 4.90 Å². The van der Waals surface area contributed by atoms with Gasteiger partial charge in [-0.3, -0.25) is 4.79 Å². The Hall–Kier alpha value is -1.71. The van der Waals surface area contributed by atoms with Crippen molar-refractivity contribution in [3.05, 3.63) is 23.8 Å². The second-order valence-electron chi connectivity index (χ2n) is 3.36. The molecule has 0 aliphatic heterocycles. The van der Waals surface area contributed by atoms with Gasteiger partial charge in [-0.25, -0.2) is 0 Å². The number of amides is 1. The Bertz CT molecular complexity index is 362. The van der Waals surface area contributed by atoms with Crippen LogP contribution in [0.5, 0.6) is 5.75 Å². The molecule has 82 valence electrons. The Morgan fingerprint density at radius 1 is 1.47 bits per heavy atom. The van der Waals surface area contributed by atoms with Crippen LogP contribution in [0.1, 0.15) is 17.3 Å². The molecular formula is C11H16N2O2. The highest BCUT2D eigenvalue weighted by Crippen LogP contribution is 2.26. The summed E-state index contributed by atoms with van der Waals surface area (Å²) in [5.41, 5.74) is 6.74. The molecule has 0 radical (unpaired) electrons. The van der Waals surface area contributed by atoms with Crippen LogP contribution in [0.4, 0.5) is 5.69 Å². The number of ether oxygens (including phenoxy) is 1. The lowest BCUT2D eigenvalue weighted by Gasteiger charge is -2.15. The predicted octanol–water partition coefficient (Wildman–Crippen LogP) is 1.37. The third-order valence-corrected chi connectivity index (χ3v) is 1.97. The van der Waals surface area contributed by atoms with Crippen molar-refractivity contribution in [2.75, 3.05) is 26.4 Å². The summed E-state index contributed by atoms with van der Waals surface area (Å²) in [6.07, 6.45) is 0. The second kappa shape index (κ2) is 4.68. The molecule has 0 spiro atoms. The van der Waals surface area contributed by atoms with Gasteiger partial charge < -0.3 is 15.4 Å². The third kappa shape index (κ3) is 2.40. The molecular weight excluding hydrogens is 192 g/mol. The quantitative estimate of drug-likeness (QED) is 0.763. The molecule has 0 heterocycles. The van der Waals surface area contributed by atoms with Crippen LogP contribution in [0.2, 0.25) is 0 Å². The number of nitrogens with two attached hydrogens (primary N) is 1. The SMILES string of the molecule is CCOc1c(N)cccc1C(=O)N(C)C. The molecule has 0 atom stereocenters. The number of benzene rings is 1. The fourth-order valence-corrected chi connectivity index (χ4v) is 1.27. The van der Waals surface area contributed by atoms with E-state index in [4.69, 9.17) is 10.5 Å². The van der Waals surface area contributed by atoms with E-state index >= 15 is 0 Å². The number of hydrogen-bond acceptors (Lipinski definition) is 3. The van der Waals surface area contributed by atoms with Crippen molar-refractivity contribution >= 4 is 11.6 Å². The number of rotatable bonds is 3. The zero-order valence-corrected chi connectivity index (χ0v) is 9.28. The van der Waals surface area contributed by atoms with Gasteiger partial charge in [0.15, 0.2) is 5.75 Å². The Labute approximate surface area is 89.6 Å². The molecule has 1 aromatic rings. The first-order chi connectivity index (χ1) is 7.07. The lowest BCUT2D eigenvalue weighted by atomic mass is 10.1. The molecule has 0 fully saturated rings. The van der Waals surface area contributed by atoms with Crippen molar-refractivity contribution < 1.29 is 9.53 Å². The van der Waals surface area contributed by atoms with Gasteiger partial charge in [-0.15, -0.1) is 0 Å². The molecule has 4 nitrogen and oxygen atoms in total. The van der Waals surface area contributed by atoms with E-state index in [2.05, 4.69) is 0 Å². The molecule has 0 aliphatic rings. The number of carbonyl (C=O) groups excluding carboxylic acids is 1. The van der Waals surface area contributed by atoms with E-state index in [-0.39, 0.29) is 5.91 Å². The number of anilines is 1. The van der Waals surface area contributed by atoms with Crippen LogP contribution in [0.3, 0.4) is 0 Å². The molecule has 1 amide bonds. The smallest absolute Gasteiger partial charge is 0.257 e. The minimum Gasteiger partial charge on any atom is -0.491 e. The summed E-state index contributed by atoms with van der Waals surface area (Å²) in [5.74, 6) is 0.365. The summed E-state index contributed by atoms with van der Waals surface area (Å²) >= 11 is 0. The fraction of sp³-hybridized carbons (Fsp3) is 0.364. The first kappa shape index (κ1) is 11.4. The average Bonchev–Trinajstić information content (AvgIpc) is 2.20. The van der Waals surface area contributed by atoms with E-state index in [1.54, 1.807) is 32.3 Å². The monoisotopic (exact) mass is 208 g/mol. The molecule has 1 rings (SSSR count). The van der Waals surface area contributed by atoms with E-state index in [0.29, 0.717) is 23.6 Å². The van der Waals surface area contributed by atoms with Crippen LogP contribution in [-0.4, -0.2) is 31.5 Å². The van der Waals surface area contributed by atoms with E-state index < -0.39 is 0 Å². The molecule has 0 aromatic heterocycles. The number of carbonyl (C=O) groups is 1. The zero-order valence-electron chi connectivity index (χ0n) is 9.28. The molecule has 2 N–H and O–H groups in total. The van der Waals surface area contributed by atoms with Gasteiger partial charge in [0.1, 0.15) is 0 Å². The van der Waals surface area contributed by atoms with E-state index in [0.717, 1.165) is 0 Å². The normalized spacial score (nSPS) is 9.80. The zero-order chi connectivity index (χ0) is 11.4. The van der Waals surface area contributed by atoms with E-state index in [9.17, 15) is 4.79 Å². The van der Waals surface area contributed by atoms with Gasteiger partial charge in [-0.2, -0.15) is 0 Å². The molecule has 0 unspecified atom stereocenters. The summed E-state index contributed by atoms with van der Waals surface area (Å²) in [6.45, 7) is 2.35. The summed E-state index contributed by atoms with van der Waals surface area (Å²) in [7, 11) is 3.39. The minimum absolute atomic E-state index is 0.106. The Kier molecular flexibility index (Phi) is 3.55. The Morgan fingerprint density at radius 2 is 2.13 bits per heavy atom. The summed E-state index contributed by atoms with van der Waals surface area (Å²) < 4.78 is 5.37. The molecule has 0 aliphatic carbocycles. The van der Waals surface area contributed by atoms with Gasteiger partial charge in [0, 0.05) is 14.1 Å². The van der Waals surface area contributed by atoms with Crippen molar-refractivity contribution in [1.29, 1.82) is 0 Å². The molecule has 0 saturated carbocycles.